The first kappa shape index (κ1) is 25.2. The Labute approximate surface area is 235 Å². The van der Waals surface area contributed by atoms with Crippen molar-refractivity contribution in [3.05, 3.63) is 152 Å². The van der Waals surface area contributed by atoms with E-state index in [9.17, 15) is 0 Å². The van der Waals surface area contributed by atoms with Crippen LogP contribution in [0.5, 0.6) is 11.5 Å². The Morgan fingerprint density at radius 2 is 0.846 bits per heavy atom. The first-order valence-corrected chi connectivity index (χ1v) is 17.7. The number of nitrogens with one attached hydrogen (secondary N) is 2. The van der Waals surface area contributed by atoms with Crippen molar-refractivity contribution in [3.8, 4) is 11.5 Å². The predicted octanol–water partition coefficient (Wildman–Crippen LogP) is 9.30. The van der Waals surface area contributed by atoms with E-state index in [4.69, 9.17) is 5.63 Å². The predicted molar refractivity (Wildman–Crippen MR) is 157 cm³/mol. The molecule has 4 nitrogen and oxygen atoms in total. The van der Waals surface area contributed by atoms with E-state index in [0.717, 1.165) is 47.1 Å². The molecule has 6 rings (SSSR count). The summed E-state index contributed by atoms with van der Waals surface area (Å²) in [5.41, 5.74) is 4.13. The minimum absolute atomic E-state index is 0.826. The van der Waals surface area contributed by atoms with Crippen molar-refractivity contribution in [1.29, 1.82) is 0 Å². The normalized spacial score (nSPS) is 14.1. The molecule has 0 saturated carbocycles. The molecule has 192 valence electrons. The van der Waals surface area contributed by atoms with Crippen LogP contribution < -0.4 is 16.3 Å². The van der Waals surface area contributed by atoms with Crippen molar-refractivity contribution >= 4 is 22.7 Å². The summed E-state index contributed by atoms with van der Waals surface area (Å²) < 4.78 is 16.6. The van der Waals surface area contributed by atoms with Crippen LogP contribution in [0.2, 0.25) is 0 Å². The fourth-order valence-corrected chi connectivity index (χ4v) is 13.0. The van der Waals surface area contributed by atoms with Gasteiger partial charge in [-0.15, -0.1) is 0 Å². The van der Waals surface area contributed by atoms with Gasteiger partial charge in [0.05, 0.1) is 0 Å². The second-order valence-corrected chi connectivity index (χ2v) is 16.7. The molecule has 0 heterocycles. The van der Waals surface area contributed by atoms with Gasteiger partial charge in [0.2, 0.25) is 0 Å². The van der Waals surface area contributed by atoms with Gasteiger partial charge in [0, 0.05) is 0 Å². The van der Waals surface area contributed by atoms with E-state index in [1.165, 1.54) is 6.56 Å². The number of hydrogen-bond acceptors (Lipinski definition) is 4. The van der Waals surface area contributed by atoms with Crippen LogP contribution in [0.3, 0.4) is 0 Å². The number of hydrogen-bond donors (Lipinski definition) is 2. The summed E-state index contributed by atoms with van der Waals surface area (Å²) in [6.07, 6.45) is 14.7. The van der Waals surface area contributed by atoms with Gasteiger partial charge < -0.3 is 0 Å². The van der Waals surface area contributed by atoms with Crippen molar-refractivity contribution in [2.75, 3.05) is 10.6 Å². The van der Waals surface area contributed by atoms with E-state index < -0.39 is 21.1 Å². The second-order valence-electron chi connectivity index (χ2n) is 9.50. The van der Waals surface area contributed by atoms with Crippen LogP contribution in [0.25, 0.3) is 0 Å². The van der Waals surface area contributed by atoms with E-state index in [0.29, 0.717) is 0 Å². The van der Waals surface area contributed by atoms with Gasteiger partial charge in [-0.05, 0) is 0 Å². The third-order valence-corrected chi connectivity index (χ3v) is 15.3. The van der Waals surface area contributed by atoms with E-state index in [1.807, 2.05) is 60.7 Å². The van der Waals surface area contributed by atoms with Gasteiger partial charge in [-0.2, -0.15) is 0 Å². The summed E-state index contributed by atoms with van der Waals surface area (Å²) in [5, 5.41) is 6.90. The van der Waals surface area contributed by atoms with Gasteiger partial charge in [-0.1, -0.05) is 0 Å². The monoisotopic (exact) mass is 588 g/mol. The van der Waals surface area contributed by atoms with Crippen LogP contribution in [0.15, 0.2) is 152 Å². The molecule has 39 heavy (non-hydrogen) atoms. The van der Waals surface area contributed by atoms with Gasteiger partial charge in [0.15, 0.2) is 0 Å². The molecule has 4 aromatic rings. The van der Waals surface area contributed by atoms with Gasteiger partial charge in [0.1, 0.15) is 0 Å². The van der Waals surface area contributed by atoms with Crippen LogP contribution in [-0.2, 0) is 21.1 Å². The SMILES string of the molecule is C1=CC[C]([Zr]([O]c2ccc(Nc3ccccc3)cc2)([O]c2ccc(Nc3ccccc3)cc2)[C]2=CC=CC2)=C1. The Morgan fingerprint density at radius 3 is 1.21 bits per heavy atom. The molecule has 0 bridgehead atoms. The summed E-state index contributed by atoms with van der Waals surface area (Å²) >= 11 is -4.05. The van der Waals surface area contributed by atoms with Gasteiger partial charge in [-0.3, -0.25) is 0 Å². The summed E-state index contributed by atoms with van der Waals surface area (Å²) in [4.78, 5) is 0. The molecule has 0 atom stereocenters. The zero-order valence-corrected chi connectivity index (χ0v) is 24.0. The van der Waals surface area contributed by atoms with Crippen molar-refractivity contribution < 1.29 is 26.8 Å². The zero-order chi connectivity index (χ0) is 26.3. The molecule has 0 saturated heterocycles. The standard InChI is InChI=1S/2C12H11NO.2C5H5.Zr/c2*14-12-8-6-11(7-9-12)13-10-4-2-1-3-5-10;2*1-2-4-5-3-1;/h2*1-9,13-14H;2*1-3H,4H2;/q;;;;+2/p-2. The molecule has 4 aromatic carbocycles. The minimum atomic E-state index is -4.05. The number of para-hydroxylation sites is 2. The third kappa shape index (κ3) is 6.00. The number of rotatable bonds is 10. The molecule has 0 radical (unpaired) electrons. The molecule has 0 aliphatic heterocycles. The molecule has 0 unspecified atom stereocenters. The topological polar surface area (TPSA) is 42.5 Å². The summed E-state index contributed by atoms with van der Waals surface area (Å²) in [7, 11) is 0. The summed E-state index contributed by atoms with van der Waals surface area (Å²) in [6.45, 7) is 0. The zero-order valence-electron chi connectivity index (χ0n) is 21.6. The van der Waals surface area contributed by atoms with Crippen LogP contribution >= 0.6 is 0 Å². The average molecular weight is 590 g/mol. The number of allylic oxidation sites excluding steroid dienone is 8. The molecular weight excluding hydrogens is 560 g/mol. The van der Waals surface area contributed by atoms with Crippen LogP contribution in [0, 0.1) is 0 Å². The Morgan fingerprint density at radius 1 is 0.462 bits per heavy atom. The molecule has 5 heteroatoms. The number of benzene rings is 4. The number of anilines is 4. The third-order valence-electron chi connectivity index (χ3n) is 6.74. The van der Waals surface area contributed by atoms with Crippen molar-refractivity contribution in [3.63, 3.8) is 0 Å². The van der Waals surface area contributed by atoms with E-state index in [2.05, 4.69) is 95.6 Å². The van der Waals surface area contributed by atoms with Gasteiger partial charge >= 0.3 is 237 Å². The second kappa shape index (κ2) is 11.8. The first-order chi connectivity index (χ1) is 19.3. The fourth-order valence-electron chi connectivity index (χ4n) is 4.79. The summed E-state index contributed by atoms with van der Waals surface area (Å²) in [6, 6.07) is 36.8. The van der Waals surface area contributed by atoms with Crippen molar-refractivity contribution in [1.82, 2.24) is 0 Å². The van der Waals surface area contributed by atoms with Crippen LogP contribution in [0.4, 0.5) is 22.7 Å². The summed E-state index contributed by atoms with van der Waals surface area (Å²) in [5.74, 6) is 1.65. The Hall–Kier alpha value is -4.08. The molecule has 0 aromatic heterocycles. The maximum atomic E-state index is 7.03. The van der Waals surface area contributed by atoms with E-state index in [1.54, 1.807) is 0 Å². The molecule has 2 N–H and O–H groups in total. The molecular formula is C34H30N2O2Zr. The van der Waals surface area contributed by atoms with E-state index in [-0.39, 0.29) is 0 Å². The van der Waals surface area contributed by atoms with Crippen molar-refractivity contribution in [2.45, 2.75) is 12.8 Å². The Kier molecular flexibility index (Phi) is 7.60. The van der Waals surface area contributed by atoms with Crippen LogP contribution in [0.1, 0.15) is 12.8 Å². The Balaban J connectivity index is 1.27. The molecule has 0 spiro atoms. The average Bonchev–Trinajstić information content (AvgIpc) is 3.72. The molecule has 0 amide bonds. The molecule has 2 aliphatic carbocycles. The first-order valence-electron chi connectivity index (χ1n) is 13.2. The molecule has 0 fully saturated rings. The van der Waals surface area contributed by atoms with Gasteiger partial charge in [0.25, 0.3) is 0 Å². The van der Waals surface area contributed by atoms with E-state index >= 15 is 0 Å². The fraction of sp³-hybridized carbons (Fsp3) is 0.0588. The Bertz CT molecular complexity index is 1410. The van der Waals surface area contributed by atoms with Crippen LogP contribution in [-0.4, -0.2) is 0 Å². The van der Waals surface area contributed by atoms with Gasteiger partial charge in [-0.25, -0.2) is 0 Å². The van der Waals surface area contributed by atoms with Crippen molar-refractivity contribution in [2.24, 2.45) is 0 Å². The quantitative estimate of drug-likeness (QED) is 0.193. The maximum absolute atomic E-state index is 7.03. The molecule has 2 aliphatic rings.